The Morgan fingerprint density at radius 1 is 1.32 bits per heavy atom. The van der Waals surface area contributed by atoms with Gasteiger partial charge < -0.3 is 24.8 Å². The SMILES string of the molecule is CC(C)NC(=O)N(C)C[C@@H]1Oc2ccc(N(C)C)cc2CC(=O)N(C)C[C@H]1C. The first-order chi connectivity index (χ1) is 13.1. The number of nitrogens with one attached hydrogen (secondary N) is 1. The zero-order valence-corrected chi connectivity index (χ0v) is 18.2. The Morgan fingerprint density at radius 2 is 2.00 bits per heavy atom. The van der Waals surface area contributed by atoms with Gasteiger partial charge in [0, 0.05) is 57.9 Å². The van der Waals surface area contributed by atoms with Crippen molar-refractivity contribution >= 4 is 17.6 Å². The van der Waals surface area contributed by atoms with Crippen molar-refractivity contribution in [2.75, 3.05) is 46.2 Å². The summed E-state index contributed by atoms with van der Waals surface area (Å²) < 4.78 is 6.37. The number of amides is 3. The summed E-state index contributed by atoms with van der Waals surface area (Å²) in [6.07, 6.45) is 0.0802. The first-order valence-electron chi connectivity index (χ1n) is 9.81. The smallest absolute Gasteiger partial charge is 0.317 e. The Balaban J connectivity index is 2.30. The van der Waals surface area contributed by atoms with Gasteiger partial charge in [-0.25, -0.2) is 4.79 Å². The van der Waals surface area contributed by atoms with Gasteiger partial charge in [-0.2, -0.15) is 0 Å². The zero-order valence-electron chi connectivity index (χ0n) is 18.2. The highest BCUT2D eigenvalue weighted by atomic mass is 16.5. The van der Waals surface area contributed by atoms with E-state index in [-0.39, 0.29) is 30.0 Å². The van der Waals surface area contributed by atoms with Gasteiger partial charge >= 0.3 is 6.03 Å². The molecule has 7 nitrogen and oxygen atoms in total. The third-order valence-electron chi connectivity index (χ3n) is 5.02. The number of rotatable bonds is 4. The van der Waals surface area contributed by atoms with Crippen LogP contribution in [0.1, 0.15) is 26.3 Å². The molecular formula is C21H34N4O3. The van der Waals surface area contributed by atoms with Gasteiger partial charge in [0.05, 0.1) is 13.0 Å². The molecule has 3 amide bonds. The minimum absolute atomic E-state index is 0.0687. The number of likely N-dealkylation sites (N-methyl/N-ethyl adjacent to an activating group) is 2. The predicted molar refractivity (Wildman–Crippen MR) is 112 cm³/mol. The van der Waals surface area contributed by atoms with Crippen LogP contribution in [0.3, 0.4) is 0 Å². The van der Waals surface area contributed by atoms with E-state index in [1.54, 1.807) is 16.8 Å². The number of benzene rings is 1. The molecule has 0 saturated heterocycles. The molecule has 2 rings (SSSR count). The van der Waals surface area contributed by atoms with Crippen LogP contribution in [0.2, 0.25) is 0 Å². The fourth-order valence-electron chi connectivity index (χ4n) is 3.25. The topological polar surface area (TPSA) is 65.1 Å². The molecule has 0 spiro atoms. The van der Waals surface area contributed by atoms with Gasteiger partial charge in [-0.05, 0) is 32.0 Å². The van der Waals surface area contributed by atoms with Gasteiger partial charge in [-0.15, -0.1) is 0 Å². The van der Waals surface area contributed by atoms with Crippen LogP contribution in [0.4, 0.5) is 10.5 Å². The van der Waals surface area contributed by atoms with Gasteiger partial charge in [-0.3, -0.25) is 4.79 Å². The average Bonchev–Trinajstić information content (AvgIpc) is 2.64. The van der Waals surface area contributed by atoms with Crippen molar-refractivity contribution in [1.29, 1.82) is 0 Å². The summed E-state index contributed by atoms with van der Waals surface area (Å²) in [7, 11) is 7.54. The van der Waals surface area contributed by atoms with Crippen LogP contribution in [-0.4, -0.2) is 75.2 Å². The maximum atomic E-state index is 12.6. The zero-order chi connectivity index (χ0) is 21.0. The van der Waals surface area contributed by atoms with E-state index in [4.69, 9.17) is 4.74 Å². The van der Waals surface area contributed by atoms with E-state index in [0.29, 0.717) is 25.3 Å². The fraction of sp³-hybridized carbons (Fsp3) is 0.619. The minimum Gasteiger partial charge on any atom is -0.488 e. The Kier molecular flexibility index (Phi) is 7.16. The van der Waals surface area contributed by atoms with Crippen LogP contribution >= 0.6 is 0 Å². The quantitative estimate of drug-likeness (QED) is 0.856. The maximum Gasteiger partial charge on any atom is 0.317 e. The van der Waals surface area contributed by atoms with E-state index >= 15 is 0 Å². The van der Waals surface area contributed by atoms with Crippen LogP contribution in [0, 0.1) is 5.92 Å². The Hall–Kier alpha value is -2.44. The highest BCUT2D eigenvalue weighted by molar-refractivity contribution is 5.80. The van der Waals surface area contributed by atoms with E-state index in [9.17, 15) is 9.59 Å². The summed E-state index contributed by atoms with van der Waals surface area (Å²) in [6.45, 7) is 6.95. The Labute approximate surface area is 168 Å². The van der Waals surface area contributed by atoms with Crippen LogP contribution in [-0.2, 0) is 11.2 Å². The molecule has 1 aliphatic heterocycles. The van der Waals surface area contributed by atoms with Crippen LogP contribution in [0.5, 0.6) is 5.75 Å². The molecule has 7 heteroatoms. The molecular weight excluding hydrogens is 356 g/mol. The molecule has 0 radical (unpaired) electrons. The molecule has 0 aliphatic carbocycles. The van der Waals surface area contributed by atoms with Crippen molar-refractivity contribution < 1.29 is 14.3 Å². The average molecular weight is 391 g/mol. The molecule has 0 fully saturated rings. The summed E-state index contributed by atoms with van der Waals surface area (Å²) in [6, 6.07) is 5.86. The molecule has 0 unspecified atom stereocenters. The molecule has 1 N–H and O–H groups in total. The molecule has 1 aromatic carbocycles. The van der Waals surface area contributed by atoms with E-state index in [1.807, 2.05) is 58.1 Å². The number of hydrogen-bond acceptors (Lipinski definition) is 4. The fourth-order valence-corrected chi connectivity index (χ4v) is 3.25. The van der Waals surface area contributed by atoms with Crippen molar-refractivity contribution in [1.82, 2.24) is 15.1 Å². The van der Waals surface area contributed by atoms with Gasteiger partial charge in [0.15, 0.2) is 0 Å². The molecule has 1 aliphatic rings. The molecule has 1 heterocycles. The lowest BCUT2D eigenvalue weighted by Gasteiger charge is -2.31. The molecule has 0 aromatic heterocycles. The van der Waals surface area contributed by atoms with E-state index < -0.39 is 0 Å². The predicted octanol–water partition coefficient (Wildman–Crippen LogP) is 2.20. The van der Waals surface area contributed by atoms with Crippen LogP contribution in [0.25, 0.3) is 0 Å². The minimum atomic E-state index is -0.222. The molecule has 156 valence electrons. The van der Waals surface area contributed by atoms with Crippen molar-refractivity contribution in [2.24, 2.45) is 5.92 Å². The number of nitrogens with zero attached hydrogens (tertiary/aromatic N) is 3. The summed E-state index contributed by atoms with van der Waals surface area (Å²) in [5.74, 6) is 0.852. The number of anilines is 1. The first-order valence-corrected chi connectivity index (χ1v) is 9.81. The van der Waals surface area contributed by atoms with Crippen LogP contribution < -0.4 is 15.0 Å². The lowest BCUT2D eigenvalue weighted by Crippen LogP contribution is -2.48. The first kappa shape index (κ1) is 21.9. The van der Waals surface area contributed by atoms with Crippen molar-refractivity contribution in [3.05, 3.63) is 23.8 Å². The number of carbonyl (C=O) groups excluding carboxylic acids is 2. The molecule has 0 saturated carbocycles. The Morgan fingerprint density at radius 3 is 2.61 bits per heavy atom. The van der Waals surface area contributed by atoms with Crippen LogP contribution in [0.15, 0.2) is 18.2 Å². The van der Waals surface area contributed by atoms with Gasteiger partial charge in [-0.1, -0.05) is 6.92 Å². The Bertz CT molecular complexity index is 705. The van der Waals surface area contributed by atoms with Gasteiger partial charge in [0.1, 0.15) is 11.9 Å². The second-order valence-corrected chi connectivity index (χ2v) is 8.26. The number of carbonyl (C=O) groups is 2. The van der Waals surface area contributed by atoms with Gasteiger partial charge in [0.25, 0.3) is 0 Å². The number of hydrogen-bond donors (Lipinski definition) is 1. The summed E-state index contributed by atoms with van der Waals surface area (Å²) in [4.78, 5) is 30.4. The highest BCUT2D eigenvalue weighted by Crippen LogP contribution is 2.29. The lowest BCUT2D eigenvalue weighted by molar-refractivity contribution is -0.129. The maximum absolute atomic E-state index is 12.6. The standard InChI is InChI=1S/C21H34N4O3/c1-14(2)22-21(27)25(7)13-19-15(3)12-24(6)20(26)11-16-10-17(23(4)5)8-9-18(16)28-19/h8-10,14-15,19H,11-13H2,1-7H3,(H,22,27)/t15-,19+/m1/s1. The van der Waals surface area contributed by atoms with Crippen molar-refractivity contribution in [2.45, 2.75) is 39.3 Å². The monoisotopic (exact) mass is 390 g/mol. The number of urea groups is 1. The van der Waals surface area contributed by atoms with Crippen molar-refractivity contribution in [3.8, 4) is 5.75 Å². The van der Waals surface area contributed by atoms with Gasteiger partial charge in [0.2, 0.25) is 5.91 Å². The summed E-state index contributed by atoms with van der Waals surface area (Å²) in [5.41, 5.74) is 1.89. The number of ether oxygens (including phenoxy) is 1. The van der Waals surface area contributed by atoms with E-state index in [0.717, 1.165) is 11.3 Å². The lowest BCUT2D eigenvalue weighted by atomic mass is 10.0. The normalized spacial score (nSPS) is 19.9. The number of fused-ring (bicyclic) bond motifs is 1. The molecule has 2 atom stereocenters. The molecule has 0 bridgehead atoms. The molecule has 28 heavy (non-hydrogen) atoms. The van der Waals surface area contributed by atoms with E-state index in [1.165, 1.54) is 0 Å². The van der Waals surface area contributed by atoms with E-state index in [2.05, 4.69) is 12.2 Å². The second kappa shape index (κ2) is 9.17. The highest BCUT2D eigenvalue weighted by Gasteiger charge is 2.29. The largest absolute Gasteiger partial charge is 0.488 e. The second-order valence-electron chi connectivity index (χ2n) is 8.26. The van der Waals surface area contributed by atoms with Crippen molar-refractivity contribution in [3.63, 3.8) is 0 Å². The third kappa shape index (κ3) is 5.53. The summed E-state index contributed by atoms with van der Waals surface area (Å²) in [5, 5.41) is 2.90. The molecule has 1 aromatic rings. The summed E-state index contributed by atoms with van der Waals surface area (Å²) >= 11 is 0. The third-order valence-corrected chi connectivity index (χ3v) is 5.02.